The number of aryl methyl sites for hydroxylation is 1. The van der Waals surface area contributed by atoms with Crippen LogP contribution in [-0.4, -0.2) is 43.9 Å². The summed E-state index contributed by atoms with van der Waals surface area (Å²) in [5.74, 6) is -0.522. The molecular weight excluding hydrogens is 436 g/mol. The zero-order valence-electron chi connectivity index (χ0n) is 18.8. The van der Waals surface area contributed by atoms with Crippen LogP contribution in [0.2, 0.25) is 5.02 Å². The monoisotopic (exact) mass is 460 g/mol. The van der Waals surface area contributed by atoms with Crippen LogP contribution in [0.15, 0.2) is 66.7 Å². The van der Waals surface area contributed by atoms with Crippen molar-refractivity contribution in [3.05, 3.63) is 82.9 Å². The molecule has 0 saturated heterocycles. The Morgan fingerprint density at radius 3 is 2.33 bits per heavy atom. The Bertz CT molecular complexity index is 1180. The van der Waals surface area contributed by atoms with E-state index in [0.717, 1.165) is 16.7 Å². The van der Waals surface area contributed by atoms with Crippen molar-refractivity contribution in [2.45, 2.75) is 6.92 Å². The second kappa shape index (κ2) is 10.8. The average Bonchev–Trinajstić information content (AvgIpc) is 2.76. The molecule has 0 unspecified atom stereocenters. The summed E-state index contributed by atoms with van der Waals surface area (Å²) >= 11 is 6.09. The Hall–Kier alpha value is -3.66. The summed E-state index contributed by atoms with van der Waals surface area (Å²) < 4.78 is 0. The molecule has 6 nitrogen and oxygen atoms in total. The number of nitrogens with zero attached hydrogens (tertiary/aromatic N) is 3. The van der Waals surface area contributed by atoms with Crippen molar-refractivity contribution in [1.29, 1.82) is 5.26 Å². The summed E-state index contributed by atoms with van der Waals surface area (Å²) in [4.78, 5) is 28.9. The van der Waals surface area contributed by atoms with Gasteiger partial charge in [0.15, 0.2) is 0 Å². The third kappa shape index (κ3) is 6.66. The number of carbonyl (C=O) groups excluding carboxylic acids is 2. The highest BCUT2D eigenvalue weighted by molar-refractivity contribution is 6.31. The SMILES string of the molecule is Cc1cc(Cl)cc(NC(=O)CN(C(=O)CN(C)C)c2ccc(-c3cccc(C#N)c3)cc2)c1. The number of carbonyl (C=O) groups is 2. The van der Waals surface area contributed by atoms with E-state index in [1.165, 1.54) is 4.90 Å². The lowest BCUT2D eigenvalue weighted by molar-refractivity contribution is -0.122. The normalized spacial score (nSPS) is 10.5. The molecule has 0 aliphatic carbocycles. The first kappa shape index (κ1) is 24.0. The van der Waals surface area contributed by atoms with Crippen LogP contribution in [-0.2, 0) is 9.59 Å². The molecule has 0 aromatic heterocycles. The van der Waals surface area contributed by atoms with Crippen molar-refractivity contribution in [3.63, 3.8) is 0 Å². The van der Waals surface area contributed by atoms with Crippen molar-refractivity contribution >= 4 is 34.8 Å². The molecule has 0 fully saturated rings. The van der Waals surface area contributed by atoms with Crippen LogP contribution >= 0.6 is 11.6 Å². The summed E-state index contributed by atoms with van der Waals surface area (Å²) in [7, 11) is 3.60. The fourth-order valence-electron chi connectivity index (χ4n) is 3.43. The van der Waals surface area contributed by atoms with Gasteiger partial charge in [-0.25, -0.2) is 0 Å². The molecule has 7 heteroatoms. The molecule has 0 saturated carbocycles. The lowest BCUT2D eigenvalue weighted by Gasteiger charge is -2.24. The zero-order chi connectivity index (χ0) is 24.0. The fraction of sp³-hybridized carbons (Fsp3) is 0.192. The van der Waals surface area contributed by atoms with Crippen LogP contribution < -0.4 is 10.2 Å². The van der Waals surface area contributed by atoms with Crippen molar-refractivity contribution in [1.82, 2.24) is 4.90 Å². The minimum Gasteiger partial charge on any atom is -0.324 e. The van der Waals surface area contributed by atoms with E-state index in [1.54, 1.807) is 49.3 Å². The molecule has 33 heavy (non-hydrogen) atoms. The third-order valence-electron chi connectivity index (χ3n) is 4.88. The standard InChI is InChI=1S/C26H25ClN4O2/c1-18-11-22(27)14-23(12-18)29-25(32)16-31(26(33)17-30(2)3)24-9-7-20(8-10-24)21-6-4-5-19(13-21)15-28/h4-14H,16-17H2,1-3H3,(H,29,32). The predicted molar refractivity (Wildman–Crippen MR) is 132 cm³/mol. The second-order valence-corrected chi connectivity index (χ2v) is 8.46. The summed E-state index contributed by atoms with van der Waals surface area (Å²) in [6, 6.07) is 22.1. The van der Waals surface area contributed by atoms with Gasteiger partial charge in [0, 0.05) is 16.4 Å². The van der Waals surface area contributed by atoms with Crippen LogP contribution in [0.1, 0.15) is 11.1 Å². The predicted octanol–water partition coefficient (Wildman–Crippen LogP) is 4.72. The van der Waals surface area contributed by atoms with Gasteiger partial charge in [-0.1, -0.05) is 35.9 Å². The molecule has 3 aromatic carbocycles. The van der Waals surface area contributed by atoms with Crippen LogP contribution in [0.4, 0.5) is 11.4 Å². The van der Waals surface area contributed by atoms with Gasteiger partial charge >= 0.3 is 0 Å². The largest absolute Gasteiger partial charge is 0.324 e. The Kier molecular flexibility index (Phi) is 7.83. The Morgan fingerprint density at radius 1 is 0.970 bits per heavy atom. The number of nitrogens with one attached hydrogen (secondary N) is 1. The number of amides is 2. The molecule has 1 N–H and O–H groups in total. The zero-order valence-corrected chi connectivity index (χ0v) is 19.6. The number of nitriles is 1. The van der Waals surface area contributed by atoms with Crippen molar-refractivity contribution in [3.8, 4) is 17.2 Å². The Morgan fingerprint density at radius 2 is 1.70 bits per heavy atom. The third-order valence-corrected chi connectivity index (χ3v) is 5.10. The number of likely N-dealkylation sites (N-methyl/N-ethyl adjacent to an activating group) is 1. The summed E-state index contributed by atoms with van der Waals surface area (Å²) in [5.41, 5.74) is 4.51. The number of rotatable bonds is 7. The number of anilines is 2. The smallest absolute Gasteiger partial charge is 0.244 e. The van der Waals surface area contributed by atoms with Crippen LogP contribution in [0.3, 0.4) is 0 Å². The molecule has 0 atom stereocenters. The molecule has 168 valence electrons. The van der Waals surface area contributed by atoms with E-state index in [4.69, 9.17) is 16.9 Å². The maximum absolute atomic E-state index is 12.9. The highest BCUT2D eigenvalue weighted by Crippen LogP contribution is 2.25. The first-order valence-electron chi connectivity index (χ1n) is 10.4. The molecule has 2 amide bonds. The minimum atomic E-state index is -0.324. The molecule has 0 heterocycles. The summed E-state index contributed by atoms with van der Waals surface area (Å²) in [6.07, 6.45) is 0. The van der Waals surface area contributed by atoms with Crippen LogP contribution in [0.5, 0.6) is 0 Å². The van der Waals surface area contributed by atoms with Gasteiger partial charge < -0.3 is 15.1 Å². The highest BCUT2D eigenvalue weighted by atomic mass is 35.5. The maximum atomic E-state index is 12.9. The average molecular weight is 461 g/mol. The van der Waals surface area contributed by atoms with Gasteiger partial charge in [-0.15, -0.1) is 0 Å². The number of hydrogen-bond acceptors (Lipinski definition) is 4. The van der Waals surface area contributed by atoms with Crippen molar-refractivity contribution < 1.29 is 9.59 Å². The highest BCUT2D eigenvalue weighted by Gasteiger charge is 2.20. The van der Waals surface area contributed by atoms with Gasteiger partial charge in [0.1, 0.15) is 6.54 Å². The van der Waals surface area contributed by atoms with Gasteiger partial charge in [-0.3, -0.25) is 9.59 Å². The van der Waals surface area contributed by atoms with Crippen molar-refractivity contribution in [2.24, 2.45) is 0 Å². The van der Waals surface area contributed by atoms with Crippen molar-refractivity contribution in [2.75, 3.05) is 37.4 Å². The summed E-state index contributed by atoms with van der Waals surface area (Å²) in [5, 5.41) is 12.5. The van der Waals surface area contributed by atoms with Gasteiger partial charge in [0.25, 0.3) is 0 Å². The van der Waals surface area contributed by atoms with E-state index in [2.05, 4.69) is 11.4 Å². The van der Waals surface area contributed by atoms with Gasteiger partial charge in [-0.05, 0) is 80.2 Å². The van der Waals surface area contributed by atoms with E-state index < -0.39 is 0 Å². The van der Waals surface area contributed by atoms with E-state index in [-0.39, 0.29) is 24.9 Å². The minimum absolute atomic E-state index is 0.137. The fourth-order valence-corrected chi connectivity index (χ4v) is 3.72. The molecule has 3 aromatic rings. The number of benzene rings is 3. The Labute approximate surface area is 199 Å². The molecule has 0 spiro atoms. The molecule has 0 aliphatic heterocycles. The van der Waals surface area contributed by atoms with Crippen LogP contribution in [0.25, 0.3) is 11.1 Å². The van der Waals surface area contributed by atoms with Gasteiger partial charge in [0.05, 0.1) is 18.2 Å². The first-order valence-corrected chi connectivity index (χ1v) is 10.8. The Balaban J connectivity index is 1.83. The number of hydrogen-bond donors (Lipinski definition) is 1. The molecule has 3 rings (SSSR count). The van der Waals surface area contributed by atoms with E-state index >= 15 is 0 Å². The lowest BCUT2D eigenvalue weighted by Crippen LogP contribution is -2.42. The van der Waals surface area contributed by atoms with Gasteiger partial charge in [-0.2, -0.15) is 5.26 Å². The molecule has 0 radical (unpaired) electrons. The quantitative estimate of drug-likeness (QED) is 0.553. The molecular formula is C26H25ClN4O2. The lowest BCUT2D eigenvalue weighted by atomic mass is 10.0. The van der Waals surface area contributed by atoms with E-state index in [0.29, 0.717) is 22.0 Å². The van der Waals surface area contributed by atoms with E-state index in [1.807, 2.05) is 43.3 Å². The number of halogens is 1. The molecule has 0 aliphatic rings. The van der Waals surface area contributed by atoms with Gasteiger partial charge in [0.2, 0.25) is 11.8 Å². The summed E-state index contributed by atoms with van der Waals surface area (Å²) in [6.45, 7) is 1.92. The molecule has 0 bridgehead atoms. The first-order chi connectivity index (χ1) is 15.7. The second-order valence-electron chi connectivity index (χ2n) is 8.02. The maximum Gasteiger partial charge on any atom is 0.244 e. The van der Waals surface area contributed by atoms with Crippen LogP contribution in [0, 0.1) is 18.3 Å². The van der Waals surface area contributed by atoms with E-state index in [9.17, 15) is 9.59 Å². The topological polar surface area (TPSA) is 76.4 Å².